The molecule has 0 saturated carbocycles. The molecule has 0 amide bonds. The fourth-order valence-corrected chi connectivity index (χ4v) is 3.02. The molecule has 5 nitrogen and oxygen atoms in total. The Labute approximate surface area is 131 Å². The summed E-state index contributed by atoms with van der Waals surface area (Å²) >= 11 is 20.3. The van der Waals surface area contributed by atoms with Gasteiger partial charge in [-0.15, -0.1) is 41.7 Å². The Bertz CT molecular complexity index is 429. The molecule has 0 unspecified atom stereocenters. The average molecular weight is 338 g/mol. The summed E-state index contributed by atoms with van der Waals surface area (Å²) in [6.45, 7) is 1.71. The van der Waals surface area contributed by atoms with E-state index < -0.39 is 0 Å². The topological polar surface area (TPSA) is 34.6 Å². The van der Waals surface area contributed by atoms with Gasteiger partial charge in [0.2, 0.25) is 5.13 Å². The molecule has 2 heterocycles. The van der Waals surface area contributed by atoms with Crippen molar-refractivity contribution < 1.29 is 0 Å². The van der Waals surface area contributed by atoms with E-state index in [0.717, 1.165) is 19.5 Å². The van der Waals surface area contributed by atoms with Gasteiger partial charge >= 0.3 is 0 Å². The highest BCUT2D eigenvalue weighted by atomic mass is 32.1. The zero-order chi connectivity index (χ0) is 13.1. The van der Waals surface area contributed by atoms with Crippen molar-refractivity contribution in [2.75, 3.05) is 18.1 Å². The Kier molecular flexibility index (Phi) is 5.18. The van der Waals surface area contributed by atoms with E-state index in [-0.39, 0.29) is 0 Å². The quantitative estimate of drug-likeness (QED) is 0.431. The summed E-state index contributed by atoms with van der Waals surface area (Å²) in [5.74, 6) is 0. The molecular formula is C8H11N5S5. The largest absolute Gasteiger partial charge is 0.235 e. The van der Waals surface area contributed by atoms with E-state index in [1.807, 2.05) is 10.5 Å². The fourth-order valence-electron chi connectivity index (χ4n) is 1.54. The van der Waals surface area contributed by atoms with Crippen LogP contribution in [0.25, 0.3) is 0 Å². The summed E-state index contributed by atoms with van der Waals surface area (Å²) < 4.78 is 0.728. The molecule has 2 rings (SSSR count). The van der Waals surface area contributed by atoms with Crippen LogP contribution in [0.3, 0.4) is 0 Å². The zero-order valence-corrected chi connectivity index (χ0v) is 13.4. The van der Waals surface area contributed by atoms with E-state index in [9.17, 15) is 0 Å². The van der Waals surface area contributed by atoms with Crippen molar-refractivity contribution in [3.8, 4) is 0 Å². The van der Waals surface area contributed by atoms with Gasteiger partial charge in [-0.05, 0) is 18.6 Å². The lowest BCUT2D eigenvalue weighted by molar-refractivity contribution is 0.0331. The van der Waals surface area contributed by atoms with Crippen molar-refractivity contribution in [3.05, 3.63) is 11.6 Å². The first-order chi connectivity index (χ1) is 8.61. The van der Waals surface area contributed by atoms with E-state index in [1.54, 1.807) is 16.3 Å². The molecule has 1 aliphatic rings. The molecule has 1 aliphatic heterocycles. The summed E-state index contributed by atoms with van der Waals surface area (Å²) in [6.07, 6.45) is 2.73. The first-order valence-electron chi connectivity index (χ1n) is 5.07. The Morgan fingerprint density at radius 3 is 2.67 bits per heavy atom. The number of rotatable bonds is 2. The third-order valence-corrected chi connectivity index (χ3v) is 3.66. The smallest absolute Gasteiger partial charge is 0.211 e. The average Bonchev–Trinajstić information content (AvgIpc) is 2.97. The molecule has 18 heavy (non-hydrogen) atoms. The molecule has 0 aromatic carbocycles. The second kappa shape index (κ2) is 6.46. The number of thiazole rings is 1. The highest BCUT2D eigenvalue weighted by molar-refractivity contribution is 8.12. The van der Waals surface area contributed by atoms with Crippen molar-refractivity contribution in [1.29, 1.82) is 0 Å². The van der Waals surface area contributed by atoms with Gasteiger partial charge < -0.3 is 0 Å². The SMILES string of the molecule is S=C(S)N(c1nccs1)N(C(=S)S)N1CCCN1. The van der Waals surface area contributed by atoms with Gasteiger partial charge in [0, 0.05) is 24.7 Å². The van der Waals surface area contributed by atoms with E-state index >= 15 is 0 Å². The third-order valence-electron chi connectivity index (χ3n) is 2.21. The van der Waals surface area contributed by atoms with Crippen molar-refractivity contribution in [2.45, 2.75) is 6.42 Å². The summed E-state index contributed by atoms with van der Waals surface area (Å²) in [7, 11) is 0. The number of aromatic nitrogens is 1. The maximum absolute atomic E-state index is 5.17. The summed E-state index contributed by atoms with van der Waals surface area (Å²) in [5.41, 5.74) is 3.20. The monoisotopic (exact) mass is 337 g/mol. The molecule has 1 aromatic heterocycles. The number of hydrogen-bond donors (Lipinski definition) is 3. The predicted molar refractivity (Wildman–Crippen MR) is 88.9 cm³/mol. The lowest BCUT2D eigenvalue weighted by atomic mass is 10.5. The number of thiol groups is 2. The minimum atomic E-state index is 0.357. The molecule has 98 valence electrons. The van der Waals surface area contributed by atoms with Gasteiger partial charge in [-0.3, -0.25) is 0 Å². The molecule has 1 N–H and O–H groups in total. The Morgan fingerprint density at radius 2 is 2.22 bits per heavy atom. The zero-order valence-electron chi connectivity index (χ0n) is 9.18. The maximum Gasteiger partial charge on any atom is 0.211 e. The lowest BCUT2D eigenvalue weighted by Gasteiger charge is -2.38. The van der Waals surface area contributed by atoms with Crippen LogP contribution in [-0.2, 0) is 0 Å². The normalized spacial score (nSPS) is 15.7. The van der Waals surface area contributed by atoms with Crippen LogP contribution in [0.15, 0.2) is 11.6 Å². The van der Waals surface area contributed by atoms with E-state index in [4.69, 9.17) is 24.4 Å². The van der Waals surface area contributed by atoms with Crippen LogP contribution in [0.5, 0.6) is 0 Å². The van der Waals surface area contributed by atoms with Crippen LogP contribution in [0.1, 0.15) is 6.42 Å². The standard InChI is InChI=1S/C8H11N5S5/c14-7(15)12(6-9-3-5-18-6)13(8(16)17)11-4-1-2-10-11/h3,5,10H,1-2,4H2,(H,14,15)(H,16,17). The van der Waals surface area contributed by atoms with Gasteiger partial charge in [0.25, 0.3) is 0 Å². The highest BCUT2D eigenvalue weighted by Gasteiger charge is 2.29. The molecule has 0 bridgehead atoms. The maximum atomic E-state index is 5.17. The first-order valence-corrected chi connectivity index (χ1v) is 7.67. The second-order valence-electron chi connectivity index (χ2n) is 3.37. The summed E-state index contributed by atoms with van der Waals surface area (Å²) in [5, 5.41) is 7.74. The molecule has 1 saturated heterocycles. The summed E-state index contributed by atoms with van der Waals surface area (Å²) in [6, 6.07) is 0. The van der Waals surface area contributed by atoms with Crippen LogP contribution in [0, 0.1) is 0 Å². The van der Waals surface area contributed by atoms with Crippen LogP contribution in [0.4, 0.5) is 5.13 Å². The van der Waals surface area contributed by atoms with Crippen molar-refractivity contribution in [3.63, 3.8) is 0 Å². The van der Waals surface area contributed by atoms with E-state index in [2.05, 4.69) is 35.7 Å². The first kappa shape index (κ1) is 14.4. The van der Waals surface area contributed by atoms with Gasteiger partial charge in [-0.1, -0.05) is 12.2 Å². The highest BCUT2D eigenvalue weighted by Crippen LogP contribution is 2.24. The molecule has 1 aromatic rings. The second-order valence-corrected chi connectivity index (χ2v) is 6.46. The number of thiocarbonyl (C=S) groups is 2. The molecule has 0 radical (unpaired) electrons. The fraction of sp³-hybridized carbons (Fsp3) is 0.375. The number of anilines is 1. The van der Waals surface area contributed by atoms with Crippen LogP contribution < -0.4 is 10.4 Å². The lowest BCUT2D eigenvalue weighted by Crippen LogP contribution is -2.58. The molecule has 0 aliphatic carbocycles. The van der Waals surface area contributed by atoms with Gasteiger partial charge in [0.05, 0.1) is 0 Å². The predicted octanol–water partition coefficient (Wildman–Crippen LogP) is 1.72. The van der Waals surface area contributed by atoms with Crippen molar-refractivity contribution in [2.24, 2.45) is 0 Å². The minimum Gasteiger partial charge on any atom is -0.235 e. The van der Waals surface area contributed by atoms with Gasteiger partial charge in [0.15, 0.2) is 8.64 Å². The number of nitrogens with one attached hydrogen (secondary N) is 1. The molecule has 1 fully saturated rings. The molecule has 0 spiro atoms. The number of nitrogens with zero attached hydrogens (tertiary/aromatic N) is 4. The van der Waals surface area contributed by atoms with Crippen LogP contribution >= 0.6 is 61.0 Å². The Balaban J connectivity index is 2.31. The molecular weight excluding hydrogens is 326 g/mol. The van der Waals surface area contributed by atoms with Gasteiger partial charge in [0.1, 0.15) is 0 Å². The molecule has 10 heteroatoms. The van der Waals surface area contributed by atoms with Crippen molar-refractivity contribution in [1.82, 2.24) is 20.6 Å². The van der Waals surface area contributed by atoms with Gasteiger partial charge in [-0.25, -0.2) is 10.4 Å². The number of hydrazine groups is 3. The van der Waals surface area contributed by atoms with Crippen LogP contribution in [-0.4, -0.2) is 37.0 Å². The molecule has 0 atom stereocenters. The van der Waals surface area contributed by atoms with Crippen LogP contribution in [0.2, 0.25) is 0 Å². The Morgan fingerprint density at radius 1 is 1.44 bits per heavy atom. The van der Waals surface area contributed by atoms with E-state index in [1.165, 1.54) is 11.3 Å². The third kappa shape index (κ3) is 3.13. The van der Waals surface area contributed by atoms with E-state index in [0.29, 0.717) is 13.8 Å². The minimum absolute atomic E-state index is 0.357. The summed E-state index contributed by atoms with van der Waals surface area (Å²) in [4.78, 5) is 4.23. The number of hydrogen-bond acceptors (Lipinski definition) is 6. The van der Waals surface area contributed by atoms with Gasteiger partial charge in [-0.2, -0.15) is 10.1 Å². The van der Waals surface area contributed by atoms with Crippen molar-refractivity contribution >= 4 is 74.8 Å². The Hall–Kier alpha value is 0.0300.